The summed E-state index contributed by atoms with van der Waals surface area (Å²) in [5, 5.41) is 0. The quantitative estimate of drug-likeness (QED) is 0.875. The first kappa shape index (κ1) is 11.8. The number of nitrogens with two attached hydrogens (primary N) is 1. The summed E-state index contributed by atoms with van der Waals surface area (Å²) in [7, 11) is 1.61. The molecule has 88 valence electrons. The normalized spacial score (nSPS) is 10.0. The van der Waals surface area contributed by atoms with Crippen LogP contribution in [0.25, 0.3) is 0 Å². The van der Waals surface area contributed by atoms with Gasteiger partial charge in [0.05, 0.1) is 7.11 Å². The summed E-state index contributed by atoms with van der Waals surface area (Å²) in [5.74, 6) is 2.07. The van der Waals surface area contributed by atoms with Crippen LogP contribution in [0.5, 0.6) is 17.2 Å². The van der Waals surface area contributed by atoms with Crippen LogP contribution >= 0.6 is 15.9 Å². The van der Waals surface area contributed by atoms with Gasteiger partial charge in [-0.1, -0.05) is 15.9 Å². The van der Waals surface area contributed by atoms with E-state index in [4.69, 9.17) is 15.2 Å². The monoisotopic (exact) mass is 293 g/mol. The average molecular weight is 294 g/mol. The van der Waals surface area contributed by atoms with E-state index < -0.39 is 0 Å². The Bertz CT molecular complexity index is 511. The van der Waals surface area contributed by atoms with Gasteiger partial charge in [0, 0.05) is 10.2 Å². The standard InChI is InChI=1S/C13H12BrNO2/c1-16-13-8-9(14)2-7-12(13)17-11-5-3-10(15)4-6-11/h2-8H,15H2,1H3. The molecule has 0 radical (unpaired) electrons. The number of hydrogen-bond donors (Lipinski definition) is 1. The molecule has 17 heavy (non-hydrogen) atoms. The van der Waals surface area contributed by atoms with Crippen molar-refractivity contribution in [2.24, 2.45) is 0 Å². The number of ether oxygens (including phenoxy) is 2. The molecule has 0 heterocycles. The molecule has 0 saturated heterocycles. The van der Waals surface area contributed by atoms with Crippen molar-refractivity contribution >= 4 is 21.6 Å². The van der Waals surface area contributed by atoms with Crippen molar-refractivity contribution < 1.29 is 9.47 Å². The van der Waals surface area contributed by atoms with E-state index in [2.05, 4.69) is 15.9 Å². The molecular weight excluding hydrogens is 282 g/mol. The van der Waals surface area contributed by atoms with Crippen LogP contribution < -0.4 is 15.2 Å². The Labute approximate surface area is 108 Å². The smallest absolute Gasteiger partial charge is 0.169 e. The maximum absolute atomic E-state index is 5.71. The van der Waals surface area contributed by atoms with Gasteiger partial charge in [0.1, 0.15) is 5.75 Å². The number of benzene rings is 2. The molecule has 0 aliphatic heterocycles. The molecule has 2 rings (SSSR count). The topological polar surface area (TPSA) is 44.5 Å². The lowest BCUT2D eigenvalue weighted by atomic mass is 10.3. The molecule has 2 aromatic carbocycles. The van der Waals surface area contributed by atoms with Crippen LogP contribution in [-0.2, 0) is 0 Å². The number of methoxy groups -OCH3 is 1. The number of rotatable bonds is 3. The van der Waals surface area contributed by atoms with Gasteiger partial charge in [-0.15, -0.1) is 0 Å². The predicted octanol–water partition coefficient (Wildman–Crippen LogP) is 3.83. The molecule has 0 saturated carbocycles. The summed E-state index contributed by atoms with van der Waals surface area (Å²) in [6, 6.07) is 12.8. The van der Waals surface area contributed by atoms with Crippen molar-refractivity contribution in [3.8, 4) is 17.2 Å². The second-order valence-corrected chi connectivity index (χ2v) is 4.38. The molecular formula is C13H12BrNO2. The van der Waals surface area contributed by atoms with Crippen LogP contribution in [0, 0.1) is 0 Å². The predicted molar refractivity (Wildman–Crippen MR) is 71.6 cm³/mol. The summed E-state index contributed by atoms with van der Waals surface area (Å²) in [6.45, 7) is 0. The molecule has 0 aromatic heterocycles. The maximum Gasteiger partial charge on any atom is 0.169 e. The lowest BCUT2D eigenvalue weighted by molar-refractivity contribution is 0.378. The summed E-state index contributed by atoms with van der Waals surface area (Å²) >= 11 is 3.38. The molecule has 4 heteroatoms. The van der Waals surface area contributed by atoms with Gasteiger partial charge in [-0.2, -0.15) is 0 Å². The van der Waals surface area contributed by atoms with Gasteiger partial charge in [0.25, 0.3) is 0 Å². The number of anilines is 1. The molecule has 0 aliphatic carbocycles. The molecule has 0 fully saturated rings. The molecule has 2 N–H and O–H groups in total. The summed E-state index contributed by atoms with van der Waals surface area (Å²) < 4.78 is 11.9. The molecule has 0 amide bonds. The number of hydrogen-bond acceptors (Lipinski definition) is 3. The molecule has 0 unspecified atom stereocenters. The highest BCUT2D eigenvalue weighted by Gasteiger charge is 2.05. The number of halogens is 1. The molecule has 2 aromatic rings. The van der Waals surface area contributed by atoms with E-state index in [0.29, 0.717) is 17.2 Å². The third-order valence-corrected chi connectivity index (χ3v) is 2.73. The molecule has 0 spiro atoms. The van der Waals surface area contributed by atoms with E-state index in [-0.39, 0.29) is 0 Å². The highest BCUT2D eigenvalue weighted by atomic mass is 79.9. The maximum atomic E-state index is 5.71. The second-order valence-electron chi connectivity index (χ2n) is 3.47. The second kappa shape index (κ2) is 5.10. The van der Waals surface area contributed by atoms with Crippen molar-refractivity contribution in [3.63, 3.8) is 0 Å². The summed E-state index contributed by atoms with van der Waals surface area (Å²) in [4.78, 5) is 0. The zero-order chi connectivity index (χ0) is 12.3. The average Bonchev–Trinajstić information content (AvgIpc) is 2.34. The van der Waals surface area contributed by atoms with Gasteiger partial charge < -0.3 is 15.2 Å². The zero-order valence-electron chi connectivity index (χ0n) is 9.31. The number of nitrogen functional groups attached to an aromatic ring is 1. The van der Waals surface area contributed by atoms with E-state index in [1.54, 1.807) is 19.2 Å². The first-order chi connectivity index (χ1) is 8.19. The molecule has 3 nitrogen and oxygen atoms in total. The fourth-order valence-corrected chi connectivity index (χ4v) is 1.73. The Kier molecular flexibility index (Phi) is 3.54. The minimum absolute atomic E-state index is 0.667. The Hall–Kier alpha value is -1.68. The van der Waals surface area contributed by atoms with Gasteiger partial charge in [-0.05, 0) is 42.5 Å². The van der Waals surface area contributed by atoms with Crippen molar-refractivity contribution in [1.29, 1.82) is 0 Å². The van der Waals surface area contributed by atoms with Crippen molar-refractivity contribution in [1.82, 2.24) is 0 Å². The van der Waals surface area contributed by atoms with Crippen LogP contribution in [0.1, 0.15) is 0 Å². The summed E-state index contributed by atoms with van der Waals surface area (Å²) in [6.07, 6.45) is 0. The minimum Gasteiger partial charge on any atom is -0.493 e. The lowest BCUT2D eigenvalue weighted by Gasteiger charge is -2.10. The fraction of sp³-hybridized carbons (Fsp3) is 0.0769. The van der Waals surface area contributed by atoms with Crippen LogP contribution in [0.2, 0.25) is 0 Å². The largest absolute Gasteiger partial charge is 0.493 e. The van der Waals surface area contributed by atoms with Crippen LogP contribution in [-0.4, -0.2) is 7.11 Å². The first-order valence-electron chi connectivity index (χ1n) is 5.06. The third-order valence-electron chi connectivity index (χ3n) is 2.23. The minimum atomic E-state index is 0.667. The highest BCUT2D eigenvalue weighted by Crippen LogP contribution is 2.33. The Morgan fingerprint density at radius 1 is 1.00 bits per heavy atom. The van der Waals surface area contributed by atoms with Gasteiger partial charge >= 0.3 is 0 Å². The SMILES string of the molecule is COc1cc(Br)ccc1Oc1ccc(N)cc1. The zero-order valence-corrected chi connectivity index (χ0v) is 10.9. The molecule has 0 atom stereocenters. The van der Waals surface area contributed by atoms with Gasteiger partial charge in [-0.3, -0.25) is 0 Å². The van der Waals surface area contributed by atoms with E-state index in [0.717, 1.165) is 10.2 Å². The molecule has 0 bridgehead atoms. The van der Waals surface area contributed by atoms with Gasteiger partial charge in [-0.25, -0.2) is 0 Å². The van der Waals surface area contributed by atoms with Crippen LogP contribution in [0.4, 0.5) is 5.69 Å². The Morgan fingerprint density at radius 3 is 2.35 bits per heavy atom. The first-order valence-corrected chi connectivity index (χ1v) is 5.85. The highest BCUT2D eigenvalue weighted by molar-refractivity contribution is 9.10. The van der Waals surface area contributed by atoms with E-state index >= 15 is 0 Å². The third kappa shape index (κ3) is 2.91. The van der Waals surface area contributed by atoms with E-state index in [1.165, 1.54) is 0 Å². The van der Waals surface area contributed by atoms with Crippen molar-refractivity contribution in [2.75, 3.05) is 12.8 Å². The Morgan fingerprint density at radius 2 is 1.71 bits per heavy atom. The summed E-state index contributed by atoms with van der Waals surface area (Å²) in [5.41, 5.74) is 6.32. The lowest BCUT2D eigenvalue weighted by Crippen LogP contribution is -1.90. The molecule has 0 aliphatic rings. The fourth-order valence-electron chi connectivity index (χ4n) is 1.39. The van der Waals surface area contributed by atoms with Crippen LogP contribution in [0.15, 0.2) is 46.9 Å². The van der Waals surface area contributed by atoms with Crippen LogP contribution in [0.3, 0.4) is 0 Å². The van der Waals surface area contributed by atoms with E-state index in [1.807, 2.05) is 30.3 Å². The Balaban J connectivity index is 2.26. The van der Waals surface area contributed by atoms with Crippen molar-refractivity contribution in [3.05, 3.63) is 46.9 Å². The van der Waals surface area contributed by atoms with Gasteiger partial charge in [0.2, 0.25) is 0 Å². The van der Waals surface area contributed by atoms with Crippen molar-refractivity contribution in [2.45, 2.75) is 0 Å². The van der Waals surface area contributed by atoms with Gasteiger partial charge in [0.15, 0.2) is 11.5 Å². The van der Waals surface area contributed by atoms with E-state index in [9.17, 15) is 0 Å².